The molecule has 1 fully saturated rings. The zero-order valence-electron chi connectivity index (χ0n) is 10.6. The smallest absolute Gasteiger partial charge is 0.166 e. The minimum Gasteiger partial charge on any atom is -0.490 e. The van der Waals surface area contributed by atoms with E-state index in [9.17, 15) is 4.79 Å². The van der Waals surface area contributed by atoms with Crippen LogP contribution in [0.4, 0.5) is 0 Å². The van der Waals surface area contributed by atoms with E-state index in [4.69, 9.17) is 9.47 Å². The van der Waals surface area contributed by atoms with Gasteiger partial charge >= 0.3 is 0 Å². The van der Waals surface area contributed by atoms with E-state index >= 15 is 0 Å². The number of carbonyl (C=O) groups is 1. The molecule has 1 aromatic rings. The van der Waals surface area contributed by atoms with E-state index in [1.807, 2.05) is 18.2 Å². The molecule has 0 aromatic heterocycles. The summed E-state index contributed by atoms with van der Waals surface area (Å²) in [5.41, 5.74) is 0.760. The van der Waals surface area contributed by atoms with Gasteiger partial charge in [0.15, 0.2) is 5.78 Å². The predicted molar refractivity (Wildman–Crippen MR) is 73.1 cm³/mol. The molecule has 3 nitrogen and oxygen atoms in total. The minimum absolute atomic E-state index is 0.220. The van der Waals surface area contributed by atoms with Crippen LogP contribution in [-0.4, -0.2) is 26.1 Å². The van der Waals surface area contributed by atoms with E-state index in [0.717, 1.165) is 22.2 Å². The van der Waals surface area contributed by atoms with Gasteiger partial charge in [-0.25, -0.2) is 0 Å². The molecule has 0 aliphatic heterocycles. The highest BCUT2D eigenvalue weighted by molar-refractivity contribution is 9.10. The Morgan fingerprint density at radius 2 is 2.17 bits per heavy atom. The average molecular weight is 313 g/mol. The molecular weight excluding hydrogens is 296 g/mol. The fraction of sp³-hybridized carbons (Fsp3) is 0.500. The van der Waals surface area contributed by atoms with E-state index in [0.29, 0.717) is 19.1 Å². The monoisotopic (exact) mass is 312 g/mol. The van der Waals surface area contributed by atoms with Crippen molar-refractivity contribution in [1.82, 2.24) is 0 Å². The highest BCUT2D eigenvalue weighted by Crippen LogP contribution is 2.41. The zero-order chi connectivity index (χ0) is 13.1. The van der Waals surface area contributed by atoms with Crippen molar-refractivity contribution in [1.29, 1.82) is 0 Å². The van der Waals surface area contributed by atoms with Crippen molar-refractivity contribution in [2.45, 2.75) is 13.3 Å². The van der Waals surface area contributed by atoms with E-state index in [-0.39, 0.29) is 11.7 Å². The second-order valence-corrected chi connectivity index (χ2v) is 5.52. The number of ketones is 1. The Bertz CT molecular complexity index is 445. The standard InChI is InChI=1S/C14H17BrO3/c1-9-7-11(9)14(16)10-3-4-13(12(15)8-10)18-6-5-17-2/h3-4,8-9,11H,5-7H2,1-2H3. The Balaban J connectivity index is 2.02. The van der Waals surface area contributed by atoms with Gasteiger partial charge in [-0.05, 0) is 46.5 Å². The molecule has 98 valence electrons. The zero-order valence-corrected chi connectivity index (χ0v) is 12.2. The maximum absolute atomic E-state index is 12.1. The SMILES string of the molecule is COCCOc1ccc(C(=O)C2CC2C)cc1Br. The van der Waals surface area contributed by atoms with Crippen molar-refractivity contribution in [3.05, 3.63) is 28.2 Å². The van der Waals surface area contributed by atoms with Crippen LogP contribution in [0.3, 0.4) is 0 Å². The lowest BCUT2D eigenvalue weighted by molar-refractivity contribution is 0.0962. The van der Waals surface area contributed by atoms with Crippen LogP contribution < -0.4 is 4.74 Å². The van der Waals surface area contributed by atoms with Crippen LogP contribution >= 0.6 is 15.9 Å². The molecule has 0 radical (unpaired) electrons. The maximum Gasteiger partial charge on any atom is 0.166 e. The predicted octanol–water partition coefficient (Wildman–Crippen LogP) is 3.31. The average Bonchev–Trinajstić information content (AvgIpc) is 3.08. The third kappa shape index (κ3) is 3.12. The van der Waals surface area contributed by atoms with Gasteiger partial charge in [0.05, 0.1) is 11.1 Å². The molecule has 18 heavy (non-hydrogen) atoms. The third-order valence-corrected chi connectivity index (χ3v) is 3.83. The van der Waals surface area contributed by atoms with Crippen LogP contribution in [0, 0.1) is 11.8 Å². The molecule has 1 aromatic carbocycles. The number of ether oxygens (including phenoxy) is 2. The van der Waals surface area contributed by atoms with Crippen LogP contribution in [-0.2, 0) is 4.74 Å². The molecule has 1 saturated carbocycles. The summed E-state index contributed by atoms with van der Waals surface area (Å²) in [5, 5.41) is 0. The van der Waals surface area contributed by atoms with Gasteiger partial charge in [0.1, 0.15) is 12.4 Å². The molecule has 2 rings (SSSR count). The normalized spacial score (nSPS) is 21.7. The van der Waals surface area contributed by atoms with Crippen LogP contribution in [0.5, 0.6) is 5.75 Å². The van der Waals surface area contributed by atoms with E-state index < -0.39 is 0 Å². The first-order chi connectivity index (χ1) is 8.63. The topological polar surface area (TPSA) is 35.5 Å². The number of methoxy groups -OCH3 is 1. The number of Topliss-reactive ketones (excluding diaryl/α,β-unsaturated/α-hetero) is 1. The highest BCUT2D eigenvalue weighted by atomic mass is 79.9. The number of halogens is 1. The summed E-state index contributed by atoms with van der Waals surface area (Å²) < 4.78 is 11.3. The van der Waals surface area contributed by atoms with Gasteiger partial charge in [-0.2, -0.15) is 0 Å². The summed E-state index contributed by atoms with van der Waals surface area (Å²) in [6.45, 7) is 3.16. The summed E-state index contributed by atoms with van der Waals surface area (Å²) in [6, 6.07) is 5.51. The van der Waals surface area contributed by atoms with Gasteiger partial charge in [-0.3, -0.25) is 4.79 Å². The molecule has 0 saturated heterocycles. The largest absolute Gasteiger partial charge is 0.490 e. The molecule has 0 N–H and O–H groups in total. The summed E-state index contributed by atoms with van der Waals surface area (Å²) in [5.74, 6) is 1.74. The lowest BCUT2D eigenvalue weighted by Crippen LogP contribution is -2.06. The van der Waals surface area contributed by atoms with E-state index in [2.05, 4.69) is 22.9 Å². The van der Waals surface area contributed by atoms with Crippen molar-refractivity contribution >= 4 is 21.7 Å². The van der Waals surface area contributed by atoms with E-state index in [1.165, 1.54) is 0 Å². The number of hydrogen-bond acceptors (Lipinski definition) is 3. The number of benzene rings is 1. The molecule has 2 unspecified atom stereocenters. The maximum atomic E-state index is 12.1. The Labute approximate surface area is 116 Å². The van der Waals surface area contributed by atoms with Crippen molar-refractivity contribution in [3.8, 4) is 5.75 Å². The summed E-state index contributed by atoms with van der Waals surface area (Å²) in [7, 11) is 1.64. The molecule has 0 amide bonds. The van der Waals surface area contributed by atoms with Crippen molar-refractivity contribution in [3.63, 3.8) is 0 Å². The van der Waals surface area contributed by atoms with Crippen molar-refractivity contribution in [2.24, 2.45) is 11.8 Å². The van der Waals surface area contributed by atoms with Gasteiger partial charge in [0, 0.05) is 18.6 Å². The van der Waals surface area contributed by atoms with Crippen molar-refractivity contribution in [2.75, 3.05) is 20.3 Å². The number of hydrogen-bond donors (Lipinski definition) is 0. The van der Waals surface area contributed by atoms with Gasteiger partial charge in [0.2, 0.25) is 0 Å². The van der Waals surface area contributed by atoms with Gasteiger partial charge in [-0.1, -0.05) is 6.92 Å². The van der Waals surface area contributed by atoms with Gasteiger partial charge in [-0.15, -0.1) is 0 Å². The van der Waals surface area contributed by atoms with Crippen molar-refractivity contribution < 1.29 is 14.3 Å². The lowest BCUT2D eigenvalue weighted by Gasteiger charge is -2.09. The Kier molecular flexibility index (Phi) is 4.40. The Hall–Kier alpha value is -0.870. The first kappa shape index (κ1) is 13.6. The van der Waals surface area contributed by atoms with Crippen LogP contribution in [0.2, 0.25) is 0 Å². The third-order valence-electron chi connectivity index (χ3n) is 3.21. The Morgan fingerprint density at radius 1 is 1.44 bits per heavy atom. The summed E-state index contributed by atoms with van der Waals surface area (Å²) >= 11 is 3.43. The molecule has 0 spiro atoms. The lowest BCUT2D eigenvalue weighted by atomic mass is 10.1. The quantitative estimate of drug-likeness (QED) is 0.597. The van der Waals surface area contributed by atoms with Gasteiger partial charge < -0.3 is 9.47 Å². The summed E-state index contributed by atoms with van der Waals surface area (Å²) in [6.07, 6.45) is 1.02. The first-order valence-electron chi connectivity index (χ1n) is 6.09. The minimum atomic E-state index is 0.220. The fourth-order valence-electron chi connectivity index (χ4n) is 1.91. The van der Waals surface area contributed by atoms with E-state index in [1.54, 1.807) is 7.11 Å². The molecule has 0 heterocycles. The molecule has 0 bridgehead atoms. The first-order valence-corrected chi connectivity index (χ1v) is 6.88. The molecule has 1 aliphatic rings. The fourth-order valence-corrected chi connectivity index (χ4v) is 2.40. The highest BCUT2D eigenvalue weighted by Gasteiger charge is 2.39. The van der Waals surface area contributed by atoms with Crippen LogP contribution in [0.15, 0.2) is 22.7 Å². The Morgan fingerprint density at radius 3 is 2.72 bits per heavy atom. The second kappa shape index (κ2) is 5.85. The summed E-state index contributed by atoms with van der Waals surface area (Å²) in [4.78, 5) is 12.1. The van der Waals surface area contributed by atoms with Gasteiger partial charge in [0.25, 0.3) is 0 Å². The molecule has 2 atom stereocenters. The molecule has 1 aliphatic carbocycles. The van der Waals surface area contributed by atoms with Crippen LogP contribution in [0.1, 0.15) is 23.7 Å². The number of rotatable bonds is 6. The molecule has 4 heteroatoms. The molecular formula is C14H17BrO3. The number of carbonyl (C=O) groups excluding carboxylic acids is 1. The van der Waals surface area contributed by atoms with Crippen LogP contribution in [0.25, 0.3) is 0 Å². The second-order valence-electron chi connectivity index (χ2n) is 4.67.